The number of thiocarbonyl (C=S) groups is 1. The average Bonchev–Trinajstić information content (AvgIpc) is 3.01. The van der Waals surface area contributed by atoms with Crippen molar-refractivity contribution in [2.24, 2.45) is 0 Å². The van der Waals surface area contributed by atoms with Gasteiger partial charge in [0.05, 0.1) is 11.5 Å². The number of aliphatic hydroxyl groups is 1. The Morgan fingerprint density at radius 2 is 1.76 bits per heavy atom. The van der Waals surface area contributed by atoms with Crippen molar-refractivity contribution in [3.05, 3.63) is 83.3 Å². The Morgan fingerprint density at radius 1 is 1.10 bits per heavy atom. The van der Waals surface area contributed by atoms with Crippen LogP contribution < -0.4 is 4.90 Å². The Balaban J connectivity index is 1.70. The molecule has 1 heterocycles. The normalized spacial score (nSPS) is 15.5. The third kappa shape index (κ3) is 5.41. The summed E-state index contributed by atoms with van der Waals surface area (Å²) in [6.07, 6.45) is 5.40. The van der Waals surface area contributed by atoms with Gasteiger partial charge in [0, 0.05) is 12.2 Å². The quantitative estimate of drug-likeness (QED) is 0.545. The second kappa shape index (κ2) is 10.2. The van der Waals surface area contributed by atoms with Crippen LogP contribution in [0.3, 0.4) is 0 Å². The number of hydrogen-bond acceptors (Lipinski definition) is 5. The first kappa shape index (κ1) is 21.0. The number of allylic oxidation sites excluding steroid dienone is 2. The van der Waals surface area contributed by atoms with Gasteiger partial charge in [0.25, 0.3) is 5.91 Å². The topological polar surface area (TPSA) is 60.9 Å². The fourth-order valence-electron chi connectivity index (χ4n) is 2.79. The first-order chi connectivity index (χ1) is 14.1. The van der Waals surface area contributed by atoms with Crippen LogP contribution in [0.15, 0.2) is 77.7 Å². The summed E-state index contributed by atoms with van der Waals surface area (Å²) in [6.45, 7) is -0.199. The highest BCUT2D eigenvalue weighted by Gasteiger charge is 2.34. The SMILES string of the molecule is O=C1/C(=C/C=C/c2ccccc2)SC(=S)N1CC(=O)N(CCO)c1ccccc1. The number of rotatable bonds is 7. The number of benzene rings is 2. The molecule has 1 fully saturated rings. The van der Waals surface area contributed by atoms with E-state index in [0.29, 0.717) is 14.9 Å². The summed E-state index contributed by atoms with van der Waals surface area (Å²) >= 11 is 6.49. The smallest absolute Gasteiger partial charge is 0.266 e. The van der Waals surface area contributed by atoms with Gasteiger partial charge in [-0.05, 0) is 23.8 Å². The second-order valence-electron chi connectivity index (χ2n) is 6.16. The van der Waals surface area contributed by atoms with Crippen LogP contribution in [0.2, 0.25) is 0 Å². The fraction of sp³-hybridized carbons (Fsp3) is 0.136. The minimum Gasteiger partial charge on any atom is -0.395 e. The molecule has 1 saturated heterocycles. The van der Waals surface area contributed by atoms with E-state index in [2.05, 4.69) is 0 Å². The fourth-order valence-corrected chi connectivity index (χ4v) is 3.99. The van der Waals surface area contributed by atoms with Crippen LogP contribution in [-0.2, 0) is 9.59 Å². The van der Waals surface area contributed by atoms with E-state index in [1.165, 1.54) is 21.6 Å². The average molecular weight is 425 g/mol. The highest BCUT2D eigenvalue weighted by atomic mass is 32.2. The van der Waals surface area contributed by atoms with Crippen molar-refractivity contribution in [2.45, 2.75) is 0 Å². The summed E-state index contributed by atoms with van der Waals surface area (Å²) in [5.41, 5.74) is 1.69. The van der Waals surface area contributed by atoms with Crippen molar-refractivity contribution < 1.29 is 14.7 Å². The molecule has 0 unspecified atom stereocenters. The van der Waals surface area contributed by atoms with Gasteiger partial charge in [-0.15, -0.1) is 0 Å². The van der Waals surface area contributed by atoms with E-state index in [-0.39, 0.29) is 31.5 Å². The zero-order valence-corrected chi connectivity index (χ0v) is 17.2. The van der Waals surface area contributed by atoms with Gasteiger partial charge in [-0.2, -0.15) is 0 Å². The number of carbonyl (C=O) groups is 2. The Morgan fingerprint density at radius 3 is 2.41 bits per heavy atom. The summed E-state index contributed by atoms with van der Waals surface area (Å²) in [7, 11) is 0. The molecule has 0 bridgehead atoms. The minimum atomic E-state index is -0.303. The number of para-hydroxylation sites is 1. The van der Waals surface area contributed by atoms with Gasteiger partial charge in [0.1, 0.15) is 10.9 Å². The number of anilines is 1. The van der Waals surface area contributed by atoms with E-state index in [1.807, 2.05) is 54.6 Å². The minimum absolute atomic E-state index is 0.146. The molecule has 2 aromatic carbocycles. The second-order valence-corrected chi connectivity index (χ2v) is 7.84. The molecule has 0 radical (unpaired) electrons. The first-order valence-electron chi connectivity index (χ1n) is 9.03. The lowest BCUT2D eigenvalue weighted by Crippen LogP contribution is -2.43. The maximum atomic E-state index is 12.8. The van der Waals surface area contributed by atoms with Crippen molar-refractivity contribution in [1.29, 1.82) is 0 Å². The molecule has 1 aliphatic heterocycles. The molecule has 1 aliphatic rings. The van der Waals surface area contributed by atoms with Gasteiger partial charge in [-0.1, -0.05) is 84.7 Å². The lowest BCUT2D eigenvalue weighted by atomic mass is 10.2. The van der Waals surface area contributed by atoms with Crippen LogP contribution in [0.4, 0.5) is 5.69 Å². The molecule has 2 aromatic rings. The molecular formula is C22H20N2O3S2. The number of amides is 2. The number of hydrogen-bond donors (Lipinski definition) is 1. The van der Waals surface area contributed by atoms with E-state index in [0.717, 1.165) is 5.56 Å². The molecule has 148 valence electrons. The van der Waals surface area contributed by atoms with Crippen molar-refractivity contribution in [2.75, 3.05) is 24.6 Å². The molecule has 0 saturated carbocycles. The van der Waals surface area contributed by atoms with Crippen molar-refractivity contribution in [3.8, 4) is 0 Å². The molecule has 7 heteroatoms. The van der Waals surface area contributed by atoms with Gasteiger partial charge in [-0.25, -0.2) is 0 Å². The number of nitrogens with zero attached hydrogens (tertiary/aromatic N) is 2. The van der Waals surface area contributed by atoms with Crippen LogP contribution in [0.25, 0.3) is 6.08 Å². The lowest BCUT2D eigenvalue weighted by molar-refractivity contribution is -0.127. The molecule has 2 amide bonds. The first-order valence-corrected chi connectivity index (χ1v) is 10.3. The van der Waals surface area contributed by atoms with Gasteiger partial charge in [0.15, 0.2) is 0 Å². The highest BCUT2D eigenvalue weighted by molar-refractivity contribution is 8.26. The van der Waals surface area contributed by atoms with E-state index in [1.54, 1.807) is 24.3 Å². The predicted octanol–water partition coefficient (Wildman–Crippen LogP) is 3.47. The third-order valence-electron chi connectivity index (χ3n) is 4.20. The molecular weight excluding hydrogens is 404 g/mol. The Hall–Kier alpha value is -2.74. The zero-order chi connectivity index (χ0) is 20.6. The molecule has 0 atom stereocenters. The summed E-state index contributed by atoms with van der Waals surface area (Å²) in [6, 6.07) is 18.8. The summed E-state index contributed by atoms with van der Waals surface area (Å²) in [4.78, 5) is 28.7. The number of thioether (sulfide) groups is 1. The summed E-state index contributed by atoms with van der Waals surface area (Å²) < 4.78 is 0.347. The Bertz CT molecular complexity index is 943. The standard InChI is InChI=1S/C22H20N2O3S2/c25-15-14-23(18-11-5-2-6-12-18)20(26)16-24-21(27)19(29-22(24)28)13-7-10-17-8-3-1-4-9-17/h1-13,25H,14-16H2/b10-7+,19-13-. The summed E-state index contributed by atoms with van der Waals surface area (Å²) in [5, 5.41) is 9.32. The molecule has 29 heavy (non-hydrogen) atoms. The van der Waals surface area contributed by atoms with Gasteiger partial charge in [0.2, 0.25) is 5.91 Å². The van der Waals surface area contributed by atoms with Crippen molar-refractivity contribution in [3.63, 3.8) is 0 Å². The zero-order valence-electron chi connectivity index (χ0n) is 15.6. The largest absolute Gasteiger partial charge is 0.395 e. The molecule has 0 aliphatic carbocycles. The van der Waals surface area contributed by atoms with Crippen LogP contribution >= 0.6 is 24.0 Å². The van der Waals surface area contributed by atoms with Crippen LogP contribution in [0.1, 0.15) is 5.56 Å². The lowest BCUT2D eigenvalue weighted by Gasteiger charge is -2.24. The van der Waals surface area contributed by atoms with E-state index >= 15 is 0 Å². The van der Waals surface area contributed by atoms with Crippen LogP contribution in [0, 0.1) is 0 Å². The summed E-state index contributed by atoms with van der Waals surface area (Å²) in [5.74, 6) is -0.592. The molecule has 0 aromatic heterocycles. The molecule has 5 nitrogen and oxygen atoms in total. The van der Waals surface area contributed by atoms with Gasteiger partial charge in [-0.3, -0.25) is 14.5 Å². The molecule has 1 N–H and O–H groups in total. The number of carbonyl (C=O) groups excluding carboxylic acids is 2. The third-order valence-corrected chi connectivity index (χ3v) is 5.59. The number of aliphatic hydroxyl groups excluding tert-OH is 1. The Labute approximate surface area is 179 Å². The maximum absolute atomic E-state index is 12.8. The van der Waals surface area contributed by atoms with Gasteiger partial charge >= 0.3 is 0 Å². The van der Waals surface area contributed by atoms with E-state index in [9.17, 15) is 14.7 Å². The molecule has 3 rings (SSSR count). The van der Waals surface area contributed by atoms with E-state index < -0.39 is 0 Å². The predicted molar refractivity (Wildman–Crippen MR) is 121 cm³/mol. The van der Waals surface area contributed by atoms with Crippen LogP contribution in [0.5, 0.6) is 0 Å². The van der Waals surface area contributed by atoms with Crippen LogP contribution in [-0.4, -0.2) is 45.8 Å². The van der Waals surface area contributed by atoms with Crippen molar-refractivity contribution in [1.82, 2.24) is 4.90 Å². The monoisotopic (exact) mass is 424 g/mol. The van der Waals surface area contributed by atoms with E-state index in [4.69, 9.17) is 12.2 Å². The van der Waals surface area contributed by atoms with Crippen molar-refractivity contribution >= 4 is 51.9 Å². The maximum Gasteiger partial charge on any atom is 0.266 e. The highest BCUT2D eigenvalue weighted by Crippen LogP contribution is 2.31. The molecule has 0 spiro atoms. The Kier molecular flexibility index (Phi) is 7.35. The van der Waals surface area contributed by atoms with Gasteiger partial charge < -0.3 is 10.0 Å².